The van der Waals surface area contributed by atoms with E-state index in [2.05, 4.69) is 42.5 Å². The monoisotopic (exact) mass is 271 g/mol. The Morgan fingerprint density at radius 3 is 2.55 bits per heavy atom. The van der Waals surface area contributed by atoms with Crippen molar-refractivity contribution in [2.45, 2.75) is 31.6 Å². The molecule has 20 heavy (non-hydrogen) atoms. The van der Waals surface area contributed by atoms with Gasteiger partial charge in [-0.3, -0.25) is 0 Å². The van der Waals surface area contributed by atoms with Crippen molar-refractivity contribution < 1.29 is 9.47 Å². The number of rotatable bonds is 3. The third-order valence-corrected chi connectivity index (χ3v) is 3.79. The average Bonchev–Trinajstić information content (AvgIpc) is 2.47. The van der Waals surface area contributed by atoms with E-state index in [0.29, 0.717) is 19.1 Å². The summed E-state index contributed by atoms with van der Waals surface area (Å²) >= 11 is 0. The molecule has 1 aliphatic heterocycles. The molecular weight excluding hydrogens is 250 g/mol. The van der Waals surface area contributed by atoms with Crippen LogP contribution >= 0.6 is 0 Å². The molecule has 0 bridgehead atoms. The Morgan fingerprint density at radius 2 is 1.80 bits per heavy atom. The van der Waals surface area contributed by atoms with Gasteiger partial charge in [0.15, 0.2) is 6.29 Å². The average molecular weight is 271 g/mol. The van der Waals surface area contributed by atoms with Crippen LogP contribution in [-0.4, -0.2) is 25.5 Å². The fourth-order valence-corrected chi connectivity index (χ4v) is 2.77. The smallest absolute Gasteiger partial charge is 0.159 e. The molecule has 1 saturated heterocycles. The molecule has 0 spiro atoms. The summed E-state index contributed by atoms with van der Waals surface area (Å²) in [6.45, 7) is 3.38. The largest absolute Gasteiger partial charge is 0.352 e. The van der Waals surface area contributed by atoms with Crippen molar-refractivity contribution in [2.24, 2.45) is 5.73 Å². The van der Waals surface area contributed by atoms with Crippen molar-refractivity contribution in [3.05, 3.63) is 48.0 Å². The topological polar surface area (TPSA) is 44.5 Å². The van der Waals surface area contributed by atoms with Gasteiger partial charge in [-0.15, -0.1) is 0 Å². The second kappa shape index (κ2) is 5.92. The van der Waals surface area contributed by atoms with Crippen LogP contribution in [0, 0.1) is 0 Å². The van der Waals surface area contributed by atoms with Crippen LogP contribution in [0.4, 0.5) is 0 Å². The maximum atomic E-state index is 5.80. The van der Waals surface area contributed by atoms with Crippen molar-refractivity contribution in [1.29, 1.82) is 0 Å². The molecule has 2 N–H and O–H groups in total. The molecule has 0 aromatic heterocycles. The van der Waals surface area contributed by atoms with Gasteiger partial charge < -0.3 is 15.2 Å². The molecule has 1 aliphatic rings. The lowest BCUT2D eigenvalue weighted by atomic mass is 9.94. The Hall–Kier alpha value is -1.42. The second-order valence-electron chi connectivity index (χ2n) is 5.57. The molecule has 3 heteroatoms. The molecule has 1 atom stereocenters. The van der Waals surface area contributed by atoms with E-state index in [1.807, 2.05) is 6.92 Å². The summed E-state index contributed by atoms with van der Waals surface area (Å²) in [5.74, 6) is 0.297. The number of fused-ring (bicyclic) bond motifs is 1. The first-order valence-corrected chi connectivity index (χ1v) is 7.20. The Balaban J connectivity index is 1.77. The molecule has 3 rings (SSSR count). The summed E-state index contributed by atoms with van der Waals surface area (Å²) in [5.41, 5.74) is 7.09. The van der Waals surface area contributed by atoms with Crippen molar-refractivity contribution in [3.63, 3.8) is 0 Å². The lowest BCUT2D eigenvalue weighted by molar-refractivity contribution is -0.190. The molecule has 0 saturated carbocycles. The van der Waals surface area contributed by atoms with E-state index in [4.69, 9.17) is 15.2 Å². The van der Waals surface area contributed by atoms with Gasteiger partial charge in [0.05, 0.1) is 13.2 Å². The van der Waals surface area contributed by atoms with Crippen LogP contribution in [0.1, 0.15) is 24.8 Å². The van der Waals surface area contributed by atoms with Gasteiger partial charge in [0.2, 0.25) is 0 Å². The summed E-state index contributed by atoms with van der Waals surface area (Å²) in [6, 6.07) is 15.0. The second-order valence-corrected chi connectivity index (χ2v) is 5.57. The summed E-state index contributed by atoms with van der Waals surface area (Å²) < 4.78 is 11.6. The number of hydrogen-bond donors (Lipinski definition) is 1. The highest BCUT2D eigenvalue weighted by Crippen LogP contribution is 2.29. The first-order valence-electron chi connectivity index (χ1n) is 7.20. The van der Waals surface area contributed by atoms with Gasteiger partial charge >= 0.3 is 0 Å². The van der Waals surface area contributed by atoms with E-state index >= 15 is 0 Å². The van der Waals surface area contributed by atoms with E-state index in [1.165, 1.54) is 16.3 Å². The fourth-order valence-electron chi connectivity index (χ4n) is 2.77. The van der Waals surface area contributed by atoms with Crippen LogP contribution < -0.4 is 5.73 Å². The Morgan fingerprint density at radius 1 is 1.10 bits per heavy atom. The highest BCUT2D eigenvalue weighted by Gasteiger charge is 2.25. The lowest BCUT2D eigenvalue weighted by Crippen LogP contribution is -2.34. The van der Waals surface area contributed by atoms with Crippen LogP contribution in [0.15, 0.2) is 42.5 Å². The zero-order valence-electron chi connectivity index (χ0n) is 11.8. The van der Waals surface area contributed by atoms with Crippen LogP contribution in [-0.2, 0) is 9.47 Å². The molecule has 0 amide bonds. The van der Waals surface area contributed by atoms with Crippen molar-refractivity contribution >= 4 is 10.8 Å². The van der Waals surface area contributed by atoms with E-state index < -0.39 is 0 Å². The van der Waals surface area contributed by atoms with Crippen molar-refractivity contribution in [2.75, 3.05) is 13.2 Å². The number of nitrogens with two attached hydrogens (primary N) is 1. The van der Waals surface area contributed by atoms with E-state index in [0.717, 1.165) is 6.42 Å². The third kappa shape index (κ3) is 2.85. The van der Waals surface area contributed by atoms with Crippen molar-refractivity contribution in [3.8, 4) is 0 Å². The molecule has 0 aliphatic carbocycles. The third-order valence-electron chi connectivity index (χ3n) is 3.79. The Kier molecular flexibility index (Phi) is 4.01. The molecule has 0 radical (unpaired) electrons. The van der Waals surface area contributed by atoms with E-state index in [-0.39, 0.29) is 12.3 Å². The Labute approximate surface area is 119 Å². The zero-order valence-corrected chi connectivity index (χ0v) is 11.8. The molecule has 106 valence electrons. The summed E-state index contributed by atoms with van der Waals surface area (Å²) in [6.07, 6.45) is 0.601. The molecule has 1 heterocycles. The first-order chi connectivity index (χ1) is 9.74. The van der Waals surface area contributed by atoms with Crippen LogP contribution in [0.3, 0.4) is 0 Å². The number of hydrogen-bond acceptors (Lipinski definition) is 3. The first kappa shape index (κ1) is 13.6. The van der Waals surface area contributed by atoms with E-state index in [1.54, 1.807) is 0 Å². The minimum Gasteiger partial charge on any atom is -0.352 e. The van der Waals surface area contributed by atoms with Gasteiger partial charge in [-0.2, -0.15) is 0 Å². The highest BCUT2D eigenvalue weighted by atomic mass is 16.7. The van der Waals surface area contributed by atoms with Gasteiger partial charge in [-0.1, -0.05) is 42.5 Å². The molecule has 2 aromatic rings. The van der Waals surface area contributed by atoms with Gasteiger partial charge in [-0.25, -0.2) is 0 Å². The summed E-state index contributed by atoms with van der Waals surface area (Å²) in [5, 5.41) is 2.56. The van der Waals surface area contributed by atoms with Gasteiger partial charge in [0.1, 0.15) is 0 Å². The minimum absolute atomic E-state index is 0.106. The maximum Gasteiger partial charge on any atom is 0.159 e. The van der Waals surface area contributed by atoms with Crippen LogP contribution in [0.5, 0.6) is 0 Å². The molecule has 1 fully saturated rings. The molecule has 2 aromatic carbocycles. The summed E-state index contributed by atoms with van der Waals surface area (Å²) in [4.78, 5) is 0. The quantitative estimate of drug-likeness (QED) is 0.933. The van der Waals surface area contributed by atoms with Crippen molar-refractivity contribution in [1.82, 2.24) is 0 Å². The van der Waals surface area contributed by atoms with Gasteiger partial charge in [-0.05, 0) is 23.3 Å². The normalized spacial score (nSPS) is 24.7. The standard InChI is InChI=1S/C17H21NO2/c1-12(18)9-17-19-10-14(11-20-17)16-8-4-6-13-5-2-3-7-15(13)16/h2-8,12,14,17H,9-11,18H2,1H3. The SMILES string of the molecule is CC(N)CC1OCC(c2cccc3ccccc23)CO1. The number of benzene rings is 2. The highest BCUT2D eigenvalue weighted by molar-refractivity contribution is 5.86. The Bertz CT molecular complexity index is 569. The van der Waals surface area contributed by atoms with Crippen LogP contribution in [0.2, 0.25) is 0 Å². The predicted molar refractivity (Wildman–Crippen MR) is 80.6 cm³/mol. The molecule has 1 unspecified atom stereocenters. The molecule has 3 nitrogen and oxygen atoms in total. The lowest BCUT2D eigenvalue weighted by Gasteiger charge is -2.31. The van der Waals surface area contributed by atoms with Crippen LogP contribution in [0.25, 0.3) is 10.8 Å². The van der Waals surface area contributed by atoms with Gasteiger partial charge in [0, 0.05) is 18.4 Å². The van der Waals surface area contributed by atoms with Gasteiger partial charge in [0.25, 0.3) is 0 Å². The minimum atomic E-state index is -0.152. The molecular formula is C17H21NO2. The van der Waals surface area contributed by atoms with E-state index in [9.17, 15) is 0 Å². The maximum absolute atomic E-state index is 5.80. The zero-order chi connectivity index (χ0) is 13.9. The summed E-state index contributed by atoms with van der Waals surface area (Å²) in [7, 11) is 0. The number of ether oxygens (including phenoxy) is 2. The fraction of sp³-hybridized carbons (Fsp3) is 0.412. The predicted octanol–water partition coefficient (Wildman–Crippen LogP) is 3.03.